The van der Waals surface area contributed by atoms with Gasteiger partial charge in [-0.25, -0.2) is 8.42 Å². The Hall–Kier alpha value is -0.910. The van der Waals surface area contributed by atoms with Crippen LogP contribution in [0.3, 0.4) is 0 Å². The van der Waals surface area contributed by atoms with Crippen LogP contribution < -0.4 is 5.32 Å². The third-order valence-electron chi connectivity index (χ3n) is 3.15. The van der Waals surface area contributed by atoms with E-state index in [2.05, 4.69) is 5.32 Å². The lowest BCUT2D eigenvalue weighted by Crippen LogP contribution is -2.30. The van der Waals surface area contributed by atoms with Crippen LogP contribution in [0.5, 0.6) is 0 Å². The minimum absolute atomic E-state index is 0.406. The minimum atomic E-state index is -3.32. The van der Waals surface area contributed by atoms with Crippen LogP contribution in [-0.4, -0.2) is 25.8 Å². The lowest BCUT2D eigenvalue weighted by atomic mass is 10.1. The molecule has 5 heteroatoms. The van der Waals surface area contributed by atoms with Crippen molar-refractivity contribution in [3.05, 3.63) is 29.3 Å². The first-order valence-electron chi connectivity index (χ1n) is 5.92. The molecular weight excluding hydrogens is 236 g/mol. The van der Waals surface area contributed by atoms with Crippen molar-refractivity contribution in [2.75, 3.05) is 13.1 Å². The van der Waals surface area contributed by atoms with Crippen molar-refractivity contribution in [2.45, 2.75) is 31.8 Å². The quantitative estimate of drug-likeness (QED) is 0.881. The highest BCUT2D eigenvalue weighted by molar-refractivity contribution is 7.89. The molecule has 0 spiro atoms. The van der Waals surface area contributed by atoms with Gasteiger partial charge in [0.15, 0.2) is 0 Å². The lowest BCUT2D eigenvalue weighted by molar-refractivity contribution is 0.445. The second-order valence-corrected chi connectivity index (χ2v) is 6.06. The molecule has 1 heterocycles. The van der Waals surface area contributed by atoms with Gasteiger partial charge in [0.1, 0.15) is 0 Å². The first-order valence-corrected chi connectivity index (χ1v) is 7.36. The van der Waals surface area contributed by atoms with E-state index in [9.17, 15) is 8.42 Å². The molecule has 0 fully saturated rings. The number of nitrogens with one attached hydrogen (secondary N) is 1. The molecule has 1 aromatic rings. The molecule has 1 aliphatic heterocycles. The van der Waals surface area contributed by atoms with Crippen LogP contribution in [0, 0.1) is 0 Å². The molecule has 1 N–H and O–H groups in total. The average Bonchev–Trinajstić information content (AvgIpc) is 2.77. The van der Waals surface area contributed by atoms with Crippen LogP contribution in [-0.2, 0) is 23.1 Å². The van der Waals surface area contributed by atoms with Gasteiger partial charge in [-0.2, -0.15) is 4.31 Å². The maximum atomic E-state index is 12.3. The summed E-state index contributed by atoms with van der Waals surface area (Å²) in [6, 6.07) is 5.41. The van der Waals surface area contributed by atoms with Crippen molar-refractivity contribution in [3.8, 4) is 0 Å². The maximum Gasteiger partial charge on any atom is 0.243 e. The van der Waals surface area contributed by atoms with Crippen molar-refractivity contribution in [1.82, 2.24) is 9.62 Å². The van der Waals surface area contributed by atoms with E-state index in [1.165, 1.54) is 9.87 Å². The summed E-state index contributed by atoms with van der Waals surface area (Å²) < 4.78 is 26.1. The van der Waals surface area contributed by atoms with Crippen molar-refractivity contribution in [2.24, 2.45) is 0 Å². The summed E-state index contributed by atoms with van der Waals surface area (Å²) in [4.78, 5) is 0.406. The van der Waals surface area contributed by atoms with Crippen molar-refractivity contribution in [1.29, 1.82) is 0 Å². The molecule has 1 aliphatic rings. The molecule has 17 heavy (non-hydrogen) atoms. The van der Waals surface area contributed by atoms with Crippen LogP contribution in [0.4, 0.5) is 0 Å². The summed E-state index contributed by atoms with van der Waals surface area (Å²) in [5.41, 5.74) is 2.29. The van der Waals surface area contributed by atoms with Gasteiger partial charge in [0.2, 0.25) is 10.0 Å². The SMILES string of the molecule is CCN(CC)S(=O)(=O)c1ccc2c(c1)CNC2. The molecule has 0 radical (unpaired) electrons. The van der Waals surface area contributed by atoms with Crippen LogP contribution >= 0.6 is 0 Å². The number of hydrogen-bond acceptors (Lipinski definition) is 3. The first-order chi connectivity index (χ1) is 8.09. The van der Waals surface area contributed by atoms with Crippen LogP contribution in [0.15, 0.2) is 23.1 Å². The van der Waals surface area contributed by atoms with E-state index in [4.69, 9.17) is 0 Å². The predicted octanol–water partition coefficient (Wildman–Crippen LogP) is 1.32. The zero-order chi connectivity index (χ0) is 12.5. The minimum Gasteiger partial charge on any atom is -0.309 e. The number of hydrogen-bond donors (Lipinski definition) is 1. The van der Waals surface area contributed by atoms with Gasteiger partial charge in [0, 0.05) is 26.2 Å². The molecule has 0 bridgehead atoms. The fourth-order valence-corrected chi connectivity index (χ4v) is 3.65. The monoisotopic (exact) mass is 254 g/mol. The predicted molar refractivity (Wildman–Crippen MR) is 67.1 cm³/mol. The molecule has 0 amide bonds. The fraction of sp³-hybridized carbons (Fsp3) is 0.500. The Bertz CT molecular complexity index is 507. The van der Waals surface area contributed by atoms with Crippen molar-refractivity contribution < 1.29 is 8.42 Å². The summed E-state index contributed by atoms with van der Waals surface area (Å²) in [7, 11) is -3.32. The van der Waals surface area contributed by atoms with E-state index in [0.29, 0.717) is 18.0 Å². The van der Waals surface area contributed by atoms with E-state index < -0.39 is 10.0 Å². The van der Waals surface area contributed by atoms with Crippen LogP contribution in [0.25, 0.3) is 0 Å². The molecule has 0 unspecified atom stereocenters. The van der Waals surface area contributed by atoms with Gasteiger partial charge in [-0.3, -0.25) is 0 Å². The third-order valence-corrected chi connectivity index (χ3v) is 5.20. The highest BCUT2D eigenvalue weighted by Crippen LogP contribution is 2.22. The van der Waals surface area contributed by atoms with Gasteiger partial charge in [0.05, 0.1) is 4.90 Å². The van der Waals surface area contributed by atoms with Gasteiger partial charge in [-0.15, -0.1) is 0 Å². The normalized spacial score (nSPS) is 15.2. The fourth-order valence-electron chi connectivity index (χ4n) is 2.14. The number of nitrogens with zero attached hydrogens (tertiary/aromatic N) is 1. The smallest absolute Gasteiger partial charge is 0.243 e. The Morgan fingerprint density at radius 2 is 1.82 bits per heavy atom. The molecule has 1 aromatic carbocycles. The molecule has 0 atom stereocenters. The Morgan fingerprint density at radius 1 is 1.18 bits per heavy atom. The Labute approximate surface area is 103 Å². The molecule has 2 rings (SSSR count). The molecule has 0 aromatic heterocycles. The third kappa shape index (κ3) is 2.22. The van der Waals surface area contributed by atoms with Gasteiger partial charge in [0.25, 0.3) is 0 Å². The average molecular weight is 254 g/mol. The summed E-state index contributed by atoms with van der Waals surface area (Å²) in [6.07, 6.45) is 0. The summed E-state index contributed by atoms with van der Waals surface area (Å²) in [6.45, 7) is 6.33. The standard InChI is InChI=1S/C12H18N2O2S/c1-3-14(4-2)17(15,16)12-6-5-10-8-13-9-11(10)7-12/h5-7,13H,3-4,8-9H2,1-2H3. The Morgan fingerprint density at radius 3 is 2.47 bits per heavy atom. The van der Waals surface area contributed by atoms with E-state index in [1.54, 1.807) is 12.1 Å². The Balaban J connectivity index is 2.40. The highest BCUT2D eigenvalue weighted by atomic mass is 32.2. The lowest BCUT2D eigenvalue weighted by Gasteiger charge is -2.18. The van der Waals surface area contributed by atoms with Gasteiger partial charge >= 0.3 is 0 Å². The van der Waals surface area contributed by atoms with E-state index in [0.717, 1.165) is 18.7 Å². The zero-order valence-electron chi connectivity index (χ0n) is 10.2. The molecule has 4 nitrogen and oxygen atoms in total. The molecule has 0 saturated carbocycles. The number of sulfonamides is 1. The number of rotatable bonds is 4. The summed E-state index contributed by atoms with van der Waals surface area (Å²) in [5, 5.41) is 3.22. The summed E-state index contributed by atoms with van der Waals surface area (Å²) in [5.74, 6) is 0. The Kier molecular flexibility index (Phi) is 3.51. The second kappa shape index (κ2) is 4.76. The van der Waals surface area contributed by atoms with Gasteiger partial charge < -0.3 is 5.32 Å². The van der Waals surface area contributed by atoms with Crippen molar-refractivity contribution >= 4 is 10.0 Å². The van der Waals surface area contributed by atoms with Crippen molar-refractivity contribution in [3.63, 3.8) is 0 Å². The zero-order valence-corrected chi connectivity index (χ0v) is 11.0. The first kappa shape index (κ1) is 12.5. The molecule has 0 saturated heterocycles. The van der Waals surface area contributed by atoms with E-state index >= 15 is 0 Å². The number of fused-ring (bicyclic) bond motifs is 1. The van der Waals surface area contributed by atoms with Gasteiger partial charge in [-0.1, -0.05) is 19.9 Å². The summed E-state index contributed by atoms with van der Waals surface area (Å²) >= 11 is 0. The van der Waals surface area contributed by atoms with E-state index in [-0.39, 0.29) is 0 Å². The van der Waals surface area contributed by atoms with Crippen LogP contribution in [0.2, 0.25) is 0 Å². The molecular formula is C12H18N2O2S. The maximum absolute atomic E-state index is 12.3. The molecule has 0 aliphatic carbocycles. The topological polar surface area (TPSA) is 49.4 Å². The number of benzene rings is 1. The largest absolute Gasteiger partial charge is 0.309 e. The van der Waals surface area contributed by atoms with Crippen LogP contribution in [0.1, 0.15) is 25.0 Å². The highest BCUT2D eigenvalue weighted by Gasteiger charge is 2.23. The molecule has 94 valence electrons. The second-order valence-electron chi connectivity index (χ2n) is 4.12. The van der Waals surface area contributed by atoms with E-state index in [1.807, 2.05) is 19.9 Å². The van der Waals surface area contributed by atoms with Gasteiger partial charge in [-0.05, 0) is 23.3 Å².